The Balaban J connectivity index is 0.00000441. The number of carbonyl (C=O) groups excluding carboxylic acids is 1. The third-order valence-corrected chi connectivity index (χ3v) is 3.06. The molecule has 124 valence electrons. The van der Waals surface area contributed by atoms with Crippen molar-refractivity contribution in [2.75, 3.05) is 18.4 Å². The van der Waals surface area contributed by atoms with Crippen LogP contribution in [0.25, 0.3) is 0 Å². The third kappa shape index (κ3) is 5.87. The van der Waals surface area contributed by atoms with E-state index in [1.54, 1.807) is 18.2 Å². The molecule has 0 fully saturated rings. The summed E-state index contributed by atoms with van der Waals surface area (Å²) in [7, 11) is 0. The van der Waals surface area contributed by atoms with Crippen LogP contribution in [-0.2, 0) is 4.79 Å². The number of rotatable bonds is 6. The molecule has 0 heterocycles. The monoisotopic (exact) mass is 330 g/mol. The predicted octanol–water partition coefficient (Wildman–Crippen LogP) is 1.92. The molecular formula is C14H23ClN4O3. The second-order valence-electron chi connectivity index (χ2n) is 5.84. The minimum atomic E-state index is -0.594. The Bertz CT molecular complexity index is 517. The Kier molecular flexibility index (Phi) is 7.83. The Hall–Kier alpha value is -1.86. The average molecular weight is 331 g/mol. The molecule has 0 unspecified atom stereocenters. The second kappa shape index (κ2) is 8.55. The van der Waals surface area contributed by atoms with E-state index in [9.17, 15) is 14.9 Å². The smallest absolute Gasteiger partial charge is 0.292 e. The van der Waals surface area contributed by atoms with E-state index < -0.39 is 11.0 Å². The summed E-state index contributed by atoms with van der Waals surface area (Å²) in [5.74, 6) is -0.230. The number of nitrogens with two attached hydrogens (primary N) is 1. The highest BCUT2D eigenvalue weighted by molar-refractivity contribution is 5.85. The molecule has 0 radical (unpaired) electrons. The summed E-state index contributed by atoms with van der Waals surface area (Å²) in [4.78, 5) is 22.2. The van der Waals surface area contributed by atoms with Gasteiger partial charge in [0, 0.05) is 19.2 Å². The minimum Gasteiger partial charge on any atom is -0.378 e. The van der Waals surface area contributed by atoms with Crippen molar-refractivity contribution >= 4 is 29.7 Å². The Morgan fingerprint density at radius 3 is 2.45 bits per heavy atom. The number of amides is 1. The maximum Gasteiger partial charge on any atom is 0.292 e. The molecule has 0 spiro atoms. The molecule has 0 saturated carbocycles. The molecule has 0 aromatic heterocycles. The van der Waals surface area contributed by atoms with Gasteiger partial charge in [0.25, 0.3) is 5.69 Å². The highest BCUT2D eigenvalue weighted by Crippen LogP contribution is 2.22. The number of nitro groups is 1. The van der Waals surface area contributed by atoms with E-state index in [0.29, 0.717) is 18.8 Å². The zero-order chi connectivity index (χ0) is 16.0. The van der Waals surface area contributed by atoms with Crippen LogP contribution < -0.4 is 16.4 Å². The van der Waals surface area contributed by atoms with Gasteiger partial charge in [-0.15, -0.1) is 12.4 Å². The van der Waals surface area contributed by atoms with Gasteiger partial charge >= 0.3 is 0 Å². The number of halogens is 1. The van der Waals surface area contributed by atoms with Gasteiger partial charge in [0.15, 0.2) is 0 Å². The number of anilines is 1. The van der Waals surface area contributed by atoms with Gasteiger partial charge in [-0.1, -0.05) is 32.9 Å². The Morgan fingerprint density at radius 1 is 1.32 bits per heavy atom. The van der Waals surface area contributed by atoms with E-state index in [4.69, 9.17) is 5.73 Å². The molecule has 0 aliphatic heterocycles. The largest absolute Gasteiger partial charge is 0.378 e. The average Bonchev–Trinajstić information content (AvgIpc) is 2.41. The molecule has 1 amide bonds. The van der Waals surface area contributed by atoms with Crippen LogP contribution in [0.2, 0.25) is 0 Å². The highest BCUT2D eigenvalue weighted by atomic mass is 35.5. The number of hydrogen-bond acceptors (Lipinski definition) is 5. The number of para-hydroxylation sites is 2. The van der Waals surface area contributed by atoms with Gasteiger partial charge in [-0.2, -0.15) is 0 Å². The van der Waals surface area contributed by atoms with Crippen molar-refractivity contribution in [3.8, 4) is 0 Å². The number of benzene rings is 1. The lowest BCUT2D eigenvalue weighted by Crippen LogP contribution is -2.49. The van der Waals surface area contributed by atoms with Gasteiger partial charge in [-0.3, -0.25) is 14.9 Å². The van der Waals surface area contributed by atoms with E-state index in [1.807, 2.05) is 20.8 Å². The molecule has 1 atom stereocenters. The summed E-state index contributed by atoms with van der Waals surface area (Å²) in [5.41, 5.74) is 5.96. The van der Waals surface area contributed by atoms with Crippen LogP contribution in [0.4, 0.5) is 11.4 Å². The number of nitrogens with zero attached hydrogens (tertiary/aromatic N) is 1. The van der Waals surface area contributed by atoms with Gasteiger partial charge in [0.1, 0.15) is 5.69 Å². The summed E-state index contributed by atoms with van der Waals surface area (Å²) in [6, 6.07) is 5.78. The van der Waals surface area contributed by atoms with Crippen molar-refractivity contribution in [2.45, 2.75) is 26.8 Å². The Morgan fingerprint density at radius 2 is 1.91 bits per heavy atom. The molecule has 0 saturated heterocycles. The lowest BCUT2D eigenvalue weighted by molar-refractivity contribution is -0.384. The van der Waals surface area contributed by atoms with Crippen molar-refractivity contribution < 1.29 is 9.72 Å². The van der Waals surface area contributed by atoms with Crippen LogP contribution in [0, 0.1) is 15.5 Å². The van der Waals surface area contributed by atoms with Crippen LogP contribution in [0.5, 0.6) is 0 Å². The van der Waals surface area contributed by atoms with Crippen LogP contribution in [0.1, 0.15) is 20.8 Å². The van der Waals surface area contributed by atoms with Crippen molar-refractivity contribution in [3.05, 3.63) is 34.4 Å². The van der Waals surface area contributed by atoms with Crippen molar-refractivity contribution in [2.24, 2.45) is 11.1 Å². The molecule has 7 nitrogen and oxygen atoms in total. The molecule has 0 bridgehead atoms. The van der Waals surface area contributed by atoms with E-state index in [2.05, 4.69) is 10.6 Å². The van der Waals surface area contributed by atoms with E-state index in [0.717, 1.165) is 0 Å². The van der Waals surface area contributed by atoms with Crippen molar-refractivity contribution in [1.29, 1.82) is 0 Å². The fourth-order valence-electron chi connectivity index (χ4n) is 1.67. The summed E-state index contributed by atoms with van der Waals surface area (Å²) >= 11 is 0. The first-order valence-corrected chi connectivity index (χ1v) is 6.74. The first-order valence-electron chi connectivity index (χ1n) is 6.74. The zero-order valence-corrected chi connectivity index (χ0v) is 13.8. The summed E-state index contributed by atoms with van der Waals surface area (Å²) < 4.78 is 0. The standard InChI is InChI=1S/C14H22N4O3.ClH/c1-14(2,3)12(15)13(19)17-9-8-16-10-6-4-5-7-11(10)18(20)21;/h4-7,12,16H,8-9,15H2,1-3H3,(H,17,19);1H/t12-;/m1./s1. The van der Waals surface area contributed by atoms with Crippen LogP contribution in [-0.4, -0.2) is 30.0 Å². The minimum absolute atomic E-state index is 0. The molecular weight excluding hydrogens is 308 g/mol. The molecule has 1 aromatic rings. The first kappa shape index (κ1) is 20.1. The molecule has 0 aliphatic carbocycles. The quantitative estimate of drug-likeness (QED) is 0.419. The van der Waals surface area contributed by atoms with Gasteiger partial charge < -0.3 is 16.4 Å². The number of hydrogen-bond donors (Lipinski definition) is 3. The van der Waals surface area contributed by atoms with Gasteiger partial charge in [0.05, 0.1) is 11.0 Å². The number of nitro benzene ring substituents is 1. The SMILES string of the molecule is CC(C)(C)[C@H](N)C(=O)NCCNc1ccccc1[N+](=O)[O-].Cl. The van der Waals surface area contributed by atoms with Crippen molar-refractivity contribution in [1.82, 2.24) is 5.32 Å². The fraction of sp³-hybridized carbons (Fsp3) is 0.500. The van der Waals surface area contributed by atoms with Crippen LogP contribution >= 0.6 is 12.4 Å². The highest BCUT2D eigenvalue weighted by Gasteiger charge is 2.26. The van der Waals surface area contributed by atoms with Gasteiger partial charge in [0.2, 0.25) is 5.91 Å². The maximum atomic E-state index is 11.8. The third-order valence-electron chi connectivity index (χ3n) is 3.06. The first-order chi connectivity index (χ1) is 9.73. The molecule has 1 aromatic carbocycles. The lowest BCUT2D eigenvalue weighted by atomic mass is 9.87. The second-order valence-corrected chi connectivity index (χ2v) is 5.84. The summed E-state index contributed by atoms with van der Waals surface area (Å²) in [5, 5.41) is 16.5. The van der Waals surface area contributed by atoms with E-state index >= 15 is 0 Å². The summed E-state index contributed by atoms with van der Waals surface area (Å²) in [6.07, 6.45) is 0. The molecule has 8 heteroatoms. The Labute approximate surface area is 136 Å². The van der Waals surface area contributed by atoms with Gasteiger partial charge in [-0.25, -0.2) is 0 Å². The fourth-order valence-corrected chi connectivity index (χ4v) is 1.67. The normalized spacial score (nSPS) is 12.0. The summed E-state index contributed by atoms with van der Waals surface area (Å²) in [6.45, 7) is 6.40. The number of carbonyl (C=O) groups is 1. The van der Waals surface area contributed by atoms with E-state index in [1.165, 1.54) is 6.07 Å². The van der Waals surface area contributed by atoms with Crippen LogP contribution in [0.15, 0.2) is 24.3 Å². The van der Waals surface area contributed by atoms with Crippen molar-refractivity contribution in [3.63, 3.8) is 0 Å². The lowest BCUT2D eigenvalue weighted by Gasteiger charge is -2.25. The molecule has 0 aliphatic rings. The predicted molar refractivity (Wildman–Crippen MR) is 89.3 cm³/mol. The number of nitrogens with one attached hydrogen (secondary N) is 2. The zero-order valence-electron chi connectivity index (χ0n) is 13.0. The maximum absolute atomic E-state index is 11.8. The van der Waals surface area contributed by atoms with Gasteiger partial charge in [-0.05, 0) is 11.5 Å². The molecule has 4 N–H and O–H groups in total. The van der Waals surface area contributed by atoms with Crippen LogP contribution in [0.3, 0.4) is 0 Å². The molecule has 1 rings (SSSR count). The molecule has 22 heavy (non-hydrogen) atoms. The van der Waals surface area contributed by atoms with E-state index in [-0.39, 0.29) is 29.4 Å². The topological polar surface area (TPSA) is 110 Å².